The van der Waals surface area contributed by atoms with Crippen LogP contribution in [-0.4, -0.2) is 6.54 Å². The summed E-state index contributed by atoms with van der Waals surface area (Å²) >= 11 is 8.84. The van der Waals surface area contributed by atoms with Gasteiger partial charge in [-0.25, -0.2) is 0 Å². The summed E-state index contributed by atoms with van der Waals surface area (Å²) in [6, 6.07) is 15.3. The van der Waals surface area contributed by atoms with Gasteiger partial charge in [0.2, 0.25) is 0 Å². The lowest BCUT2D eigenvalue weighted by Gasteiger charge is -2.17. The first kappa shape index (κ1) is 16.1. The maximum absolute atomic E-state index is 3.57. The van der Waals surface area contributed by atoms with Crippen molar-refractivity contribution in [3.63, 3.8) is 0 Å². The van der Waals surface area contributed by atoms with Crippen LogP contribution in [0.3, 0.4) is 0 Å². The molecule has 0 bridgehead atoms. The number of hydrogen-bond donors (Lipinski definition) is 1. The number of hydrogen-bond acceptors (Lipinski definition) is 2. The van der Waals surface area contributed by atoms with Crippen molar-refractivity contribution in [1.29, 1.82) is 0 Å². The zero-order valence-electron chi connectivity index (χ0n) is 11.5. The third-order valence-corrected chi connectivity index (χ3v) is 5.11. The zero-order valence-corrected chi connectivity index (χ0v) is 15.5. The van der Waals surface area contributed by atoms with Gasteiger partial charge in [-0.1, -0.05) is 50.5 Å². The third-order valence-electron chi connectivity index (χ3n) is 2.99. The van der Waals surface area contributed by atoms with Crippen molar-refractivity contribution >= 4 is 43.6 Å². The molecule has 1 unspecified atom stereocenters. The lowest BCUT2D eigenvalue weighted by Crippen LogP contribution is -2.18. The molecule has 2 aromatic rings. The number of rotatable bonds is 5. The van der Waals surface area contributed by atoms with Crippen molar-refractivity contribution in [2.75, 3.05) is 6.54 Å². The van der Waals surface area contributed by atoms with E-state index in [1.165, 1.54) is 15.4 Å². The van der Waals surface area contributed by atoms with Crippen LogP contribution in [0.5, 0.6) is 0 Å². The fourth-order valence-electron chi connectivity index (χ4n) is 2.00. The molecule has 20 heavy (non-hydrogen) atoms. The van der Waals surface area contributed by atoms with Crippen LogP contribution in [0.4, 0.5) is 0 Å². The Morgan fingerprint density at radius 2 is 1.70 bits per heavy atom. The van der Waals surface area contributed by atoms with Gasteiger partial charge in [0.1, 0.15) is 0 Å². The molecule has 0 saturated heterocycles. The van der Waals surface area contributed by atoms with Gasteiger partial charge in [0.25, 0.3) is 0 Å². The Morgan fingerprint density at radius 3 is 2.35 bits per heavy atom. The van der Waals surface area contributed by atoms with Gasteiger partial charge in [0.05, 0.1) is 0 Å². The topological polar surface area (TPSA) is 12.0 Å². The number of benzene rings is 2. The fraction of sp³-hybridized carbons (Fsp3) is 0.250. The first-order chi connectivity index (χ1) is 9.60. The molecule has 0 heterocycles. The van der Waals surface area contributed by atoms with Crippen LogP contribution in [-0.2, 0) is 0 Å². The quantitative estimate of drug-likeness (QED) is 0.640. The molecule has 0 fully saturated rings. The minimum Gasteiger partial charge on any atom is -0.310 e. The van der Waals surface area contributed by atoms with Crippen molar-refractivity contribution in [2.45, 2.75) is 29.7 Å². The van der Waals surface area contributed by atoms with Crippen LogP contribution >= 0.6 is 43.6 Å². The van der Waals surface area contributed by atoms with Gasteiger partial charge >= 0.3 is 0 Å². The monoisotopic (exact) mass is 413 g/mol. The molecular formula is C16H17Br2NS. The molecule has 0 aromatic heterocycles. The van der Waals surface area contributed by atoms with E-state index in [4.69, 9.17) is 0 Å². The highest BCUT2D eigenvalue weighted by Gasteiger charge is 2.11. The predicted octanol–water partition coefficient (Wildman–Crippen LogP) is 6.03. The summed E-state index contributed by atoms with van der Waals surface area (Å²) in [4.78, 5) is 2.55. The van der Waals surface area contributed by atoms with Crippen LogP contribution in [0, 0.1) is 0 Å². The molecule has 0 amide bonds. The Kier molecular flexibility index (Phi) is 6.15. The predicted molar refractivity (Wildman–Crippen MR) is 94.5 cm³/mol. The minimum atomic E-state index is 0.343. The van der Waals surface area contributed by atoms with Gasteiger partial charge in [-0.05, 0) is 61.5 Å². The summed E-state index contributed by atoms with van der Waals surface area (Å²) < 4.78 is 2.23. The van der Waals surface area contributed by atoms with Gasteiger partial charge in [0.15, 0.2) is 0 Å². The molecule has 0 spiro atoms. The van der Waals surface area contributed by atoms with Gasteiger partial charge in [0, 0.05) is 24.8 Å². The van der Waals surface area contributed by atoms with E-state index in [1.54, 1.807) is 11.8 Å². The first-order valence-corrected chi connectivity index (χ1v) is 8.96. The molecule has 2 aromatic carbocycles. The second-order valence-electron chi connectivity index (χ2n) is 4.52. The molecule has 0 saturated carbocycles. The molecule has 0 radical (unpaired) electrons. The van der Waals surface area contributed by atoms with Gasteiger partial charge in [-0.3, -0.25) is 0 Å². The van der Waals surface area contributed by atoms with Crippen LogP contribution < -0.4 is 5.32 Å². The summed E-state index contributed by atoms with van der Waals surface area (Å²) in [6.07, 6.45) is 0. The Labute approximate surface area is 141 Å². The lowest BCUT2D eigenvalue weighted by molar-refractivity contribution is 0.589. The molecule has 106 valence electrons. The Balaban J connectivity index is 2.28. The molecule has 1 atom stereocenters. The largest absolute Gasteiger partial charge is 0.310 e. The summed E-state index contributed by atoms with van der Waals surface area (Å²) in [7, 11) is 0. The van der Waals surface area contributed by atoms with Crippen molar-refractivity contribution < 1.29 is 0 Å². The third kappa shape index (κ3) is 4.35. The highest BCUT2D eigenvalue weighted by atomic mass is 79.9. The van der Waals surface area contributed by atoms with Gasteiger partial charge in [-0.15, -0.1) is 0 Å². The lowest BCUT2D eigenvalue weighted by atomic mass is 10.1. The van der Waals surface area contributed by atoms with E-state index < -0.39 is 0 Å². The molecule has 1 N–H and O–H groups in total. The zero-order chi connectivity index (χ0) is 14.5. The Morgan fingerprint density at radius 1 is 1.05 bits per heavy atom. The molecule has 4 heteroatoms. The van der Waals surface area contributed by atoms with E-state index >= 15 is 0 Å². The van der Waals surface area contributed by atoms with Crippen molar-refractivity contribution in [1.82, 2.24) is 5.32 Å². The Hall–Kier alpha value is -0.290. The second-order valence-corrected chi connectivity index (χ2v) is 7.46. The Bertz CT molecular complexity index is 569. The van der Waals surface area contributed by atoms with Crippen molar-refractivity contribution in [3.05, 3.63) is 57.0 Å². The summed E-state index contributed by atoms with van der Waals surface area (Å²) in [5.74, 6) is 0. The normalized spacial score (nSPS) is 12.4. The highest BCUT2D eigenvalue weighted by Crippen LogP contribution is 2.35. The number of nitrogens with one attached hydrogen (secondary N) is 1. The first-order valence-electron chi connectivity index (χ1n) is 6.56. The second kappa shape index (κ2) is 7.64. The molecule has 0 aliphatic heterocycles. The van der Waals surface area contributed by atoms with Crippen LogP contribution in [0.1, 0.15) is 25.5 Å². The van der Waals surface area contributed by atoms with Gasteiger partial charge < -0.3 is 5.32 Å². The van der Waals surface area contributed by atoms with Crippen LogP contribution in [0.2, 0.25) is 0 Å². The molecule has 0 aliphatic carbocycles. The van der Waals surface area contributed by atoms with E-state index in [0.29, 0.717) is 6.04 Å². The van der Waals surface area contributed by atoms with E-state index in [-0.39, 0.29) is 0 Å². The van der Waals surface area contributed by atoms with E-state index in [1.807, 2.05) is 0 Å². The van der Waals surface area contributed by atoms with Gasteiger partial charge in [-0.2, -0.15) is 0 Å². The smallest absolute Gasteiger partial charge is 0.0303 e. The maximum atomic E-state index is 3.57. The summed E-state index contributed by atoms with van der Waals surface area (Å²) in [5.41, 5.74) is 1.33. The standard InChI is InChI=1S/C16H17Br2NS/c1-3-19-11(2)15-10-13(18)6-9-16(15)20-14-7-4-12(17)5-8-14/h4-11,19H,3H2,1-2H3. The van der Waals surface area contributed by atoms with E-state index in [2.05, 4.69) is 93.5 Å². The van der Waals surface area contributed by atoms with E-state index in [0.717, 1.165) is 15.5 Å². The maximum Gasteiger partial charge on any atom is 0.0303 e. The SMILES string of the molecule is CCNC(C)c1cc(Br)ccc1Sc1ccc(Br)cc1. The number of halogens is 2. The molecule has 0 aliphatic rings. The summed E-state index contributed by atoms with van der Waals surface area (Å²) in [5, 5.41) is 3.48. The van der Waals surface area contributed by atoms with Crippen LogP contribution in [0.25, 0.3) is 0 Å². The van der Waals surface area contributed by atoms with Crippen molar-refractivity contribution in [3.8, 4) is 0 Å². The van der Waals surface area contributed by atoms with Crippen molar-refractivity contribution in [2.24, 2.45) is 0 Å². The average Bonchev–Trinajstić information content (AvgIpc) is 2.43. The van der Waals surface area contributed by atoms with Crippen LogP contribution in [0.15, 0.2) is 61.2 Å². The fourth-order valence-corrected chi connectivity index (χ4v) is 3.66. The minimum absolute atomic E-state index is 0.343. The molecule has 2 rings (SSSR count). The summed E-state index contributed by atoms with van der Waals surface area (Å²) in [6.45, 7) is 5.31. The average molecular weight is 415 g/mol. The molecule has 1 nitrogen and oxygen atoms in total. The highest BCUT2D eigenvalue weighted by molar-refractivity contribution is 9.10. The van der Waals surface area contributed by atoms with E-state index in [9.17, 15) is 0 Å². The molecular weight excluding hydrogens is 398 g/mol.